The van der Waals surface area contributed by atoms with Gasteiger partial charge in [0.15, 0.2) is 0 Å². The summed E-state index contributed by atoms with van der Waals surface area (Å²) in [5, 5.41) is 5.02. The first kappa shape index (κ1) is 56.2. The second-order valence-electron chi connectivity index (χ2n) is 18.5. The van der Waals surface area contributed by atoms with Gasteiger partial charge in [-0.25, -0.2) is 9.59 Å². The molecule has 0 aromatic heterocycles. The van der Waals surface area contributed by atoms with Crippen LogP contribution in [0.25, 0.3) is 0 Å². The Morgan fingerprint density at radius 3 is 1.10 bits per heavy atom. The molecule has 0 spiro atoms. The molecule has 0 unspecified atom stereocenters. The van der Waals surface area contributed by atoms with Gasteiger partial charge in [0.05, 0.1) is 6.54 Å². The van der Waals surface area contributed by atoms with Crippen LogP contribution in [0.5, 0.6) is 0 Å². The summed E-state index contributed by atoms with van der Waals surface area (Å²) in [5.74, 6) is -0.0578. The summed E-state index contributed by atoms with van der Waals surface area (Å²) in [5.41, 5.74) is -1.46. The van der Waals surface area contributed by atoms with Crippen LogP contribution < -0.4 is 10.6 Å². The predicted octanol–water partition coefficient (Wildman–Crippen LogP) is 14.7. The Balaban J connectivity index is 4.89. The fourth-order valence-corrected chi connectivity index (χ4v) is 6.79. The van der Waals surface area contributed by atoms with E-state index in [2.05, 4.69) is 53.8 Å². The molecule has 344 valence electrons. The molecule has 0 aliphatic heterocycles. The number of hydrogen-bond acceptors (Lipinski definition) is 6. The monoisotopic (exact) mass is 831 g/mol. The maximum absolute atomic E-state index is 13.5. The molecule has 0 aromatic carbocycles. The highest BCUT2D eigenvalue weighted by Gasteiger charge is 2.21. The van der Waals surface area contributed by atoms with Crippen LogP contribution in [0.15, 0.2) is 29.3 Å². The number of rotatable bonds is 35. The van der Waals surface area contributed by atoms with Crippen molar-refractivity contribution in [3.8, 4) is 0 Å². The third kappa shape index (κ3) is 41.7. The predicted molar refractivity (Wildman–Crippen MR) is 251 cm³/mol. The van der Waals surface area contributed by atoms with Gasteiger partial charge >= 0.3 is 12.2 Å². The van der Waals surface area contributed by atoms with Crippen molar-refractivity contribution in [2.45, 2.75) is 253 Å². The van der Waals surface area contributed by atoms with Crippen LogP contribution in [-0.2, 0) is 14.3 Å². The van der Waals surface area contributed by atoms with Crippen molar-refractivity contribution >= 4 is 24.1 Å². The maximum atomic E-state index is 13.5. The van der Waals surface area contributed by atoms with Crippen LogP contribution in [0.3, 0.4) is 0 Å². The fraction of sp³-hybridized carbons (Fsp3) is 0.840. The smallest absolute Gasteiger partial charge is 0.414 e. The Labute approximate surface area is 364 Å². The van der Waals surface area contributed by atoms with Gasteiger partial charge in [0.25, 0.3) is 0 Å². The number of hydrogen-bond donors (Lipinski definition) is 2. The van der Waals surface area contributed by atoms with Crippen LogP contribution in [0.2, 0.25) is 0 Å². The molecule has 2 N–H and O–H groups in total. The molecular formula is C50H94N4O5. The first-order valence-electron chi connectivity index (χ1n) is 24.4. The first-order chi connectivity index (χ1) is 28.3. The average Bonchev–Trinajstić information content (AvgIpc) is 3.15. The number of carbonyl (C=O) groups excluding carboxylic acids is 3. The van der Waals surface area contributed by atoms with Crippen LogP contribution >= 0.6 is 0 Å². The summed E-state index contributed by atoms with van der Waals surface area (Å²) in [7, 11) is 0. The fourth-order valence-electron chi connectivity index (χ4n) is 6.79. The zero-order valence-electron chi connectivity index (χ0n) is 39.9. The summed E-state index contributed by atoms with van der Waals surface area (Å²) >= 11 is 0. The molecule has 3 amide bonds. The molecular weight excluding hydrogens is 737 g/mol. The second-order valence-corrected chi connectivity index (χ2v) is 18.5. The highest BCUT2D eigenvalue weighted by Crippen LogP contribution is 2.14. The Bertz CT molecular complexity index is 1050. The lowest BCUT2D eigenvalue weighted by atomic mass is 10.1. The molecule has 0 radical (unpaired) electrons. The number of aliphatic imine (C=N–C) groups is 1. The molecule has 59 heavy (non-hydrogen) atoms. The van der Waals surface area contributed by atoms with E-state index < -0.39 is 23.4 Å². The Kier molecular flexibility index (Phi) is 36.3. The second kappa shape index (κ2) is 38.1. The third-order valence-corrected chi connectivity index (χ3v) is 10.1. The minimum absolute atomic E-state index is 0.0446. The van der Waals surface area contributed by atoms with Gasteiger partial charge in [-0.2, -0.15) is 0 Å². The third-order valence-electron chi connectivity index (χ3n) is 10.1. The number of nitrogens with one attached hydrogen (secondary N) is 2. The van der Waals surface area contributed by atoms with Gasteiger partial charge in [0.1, 0.15) is 11.2 Å². The molecule has 0 saturated heterocycles. The topological polar surface area (TPSA) is 109 Å². The quantitative estimate of drug-likeness (QED) is 0.0286. The molecule has 0 saturated carbocycles. The first-order valence-corrected chi connectivity index (χ1v) is 24.4. The summed E-state index contributed by atoms with van der Waals surface area (Å²) in [6, 6.07) is 0. The SMILES string of the molecule is CCCCCCCC/C=C/CCCCCCCCN(CCCCCCCC/C=C/CCCCCCCC)C(=O)CCN=C(NC(=O)OC(C)(C)C)NC(=O)OC(C)(C)C. The van der Waals surface area contributed by atoms with Gasteiger partial charge in [-0.15, -0.1) is 0 Å². The molecule has 0 aliphatic carbocycles. The molecule has 0 bridgehead atoms. The Hall–Kier alpha value is -2.84. The summed E-state index contributed by atoms with van der Waals surface area (Å²) in [6.07, 6.45) is 43.3. The summed E-state index contributed by atoms with van der Waals surface area (Å²) in [6.45, 7) is 16.7. The van der Waals surface area contributed by atoms with Crippen LogP contribution in [0.4, 0.5) is 9.59 Å². The molecule has 0 rings (SSSR count). The molecule has 0 heterocycles. The van der Waals surface area contributed by atoms with E-state index in [0.717, 1.165) is 38.8 Å². The molecule has 0 aromatic rings. The normalized spacial score (nSPS) is 11.9. The molecule has 0 aliphatic rings. The zero-order valence-corrected chi connectivity index (χ0v) is 39.9. The zero-order chi connectivity index (χ0) is 43.9. The van der Waals surface area contributed by atoms with Crippen molar-refractivity contribution in [3.05, 3.63) is 24.3 Å². The van der Waals surface area contributed by atoms with E-state index in [9.17, 15) is 14.4 Å². The van der Waals surface area contributed by atoms with E-state index >= 15 is 0 Å². The van der Waals surface area contributed by atoms with Crippen LogP contribution in [0, 0.1) is 0 Å². The number of ether oxygens (including phenoxy) is 2. The van der Waals surface area contributed by atoms with Crippen molar-refractivity contribution in [1.82, 2.24) is 15.5 Å². The largest absolute Gasteiger partial charge is 0.444 e. The van der Waals surface area contributed by atoms with Crippen molar-refractivity contribution in [2.24, 2.45) is 4.99 Å². The average molecular weight is 831 g/mol. The lowest BCUT2D eigenvalue weighted by Gasteiger charge is -2.23. The summed E-state index contributed by atoms with van der Waals surface area (Å²) in [4.78, 5) is 44.9. The number of unbranched alkanes of at least 4 members (excludes halogenated alkanes) is 24. The van der Waals surface area contributed by atoms with E-state index in [1.165, 1.54) is 154 Å². The van der Waals surface area contributed by atoms with Crippen molar-refractivity contribution < 1.29 is 23.9 Å². The minimum atomic E-state index is -0.750. The van der Waals surface area contributed by atoms with Gasteiger partial charge in [-0.3, -0.25) is 20.4 Å². The summed E-state index contributed by atoms with van der Waals surface area (Å²) < 4.78 is 10.7. The van der Waals surface area contributed by atoms with Gasteiger partial charge in [-0.1, -0.05) is 154 Å². The molecule has 0 atom stereocenters. The van der Waals surface area contributed by atoms with E-state index in [-0.39, 0.29) is 24.8 Å². The van der Waals surface area contributed by atoms with Crippen molar-refractivity contribution in [2.75, 3.05) is 19.6 Å². The molecule has 9 heteroatoms. The van der Waals surface area contributed by atoms with Gasteiger partial charge < -0.3 is 14.4 Å². The highest BCUT2D eigenvalue weighted by molar-refractivity contribution is 6.01. The minimum Gasteiger partial charge on any atom is -0.444 e. The Morgan fingerprint density at radius 2 is 0.780 bits per heavy atom. The number of guanidine groups is 1. The Morgan fingerprint density at radius 1 is 0.475 bits per heavy atom. The number of alkyl carbamates (subject to hydrolysis) is 2. The number of amides is 3. The van der Waals surface area contributed by atoms with Crippen LogP contribution in [0.1, 0.15) is 242 Å². The van der Waals surface area contributed by atoms with Gasteiger partial charge in [0, 0.05) is 19.5 Å². The van der Waals surface area contributed by atoms with E-state index in [0.29, 0.717) is 0 Å². The van der Waals surface area contributed by atoms with Gasteiger partial charge in [-0.05, 0) is 106 Å². The number of nitrogens with zero attached hydrogens (tertiary/aromatic N) is 2. The maximum Gasteiger partial charge on any atom is 0.414 e. The number of carbonyl (C=O) groups is 3. The lowest BCUT2D eigenvalue weighted by molar-refractivity contribution is -0.131. The van der Waals surface area contributed by atoms with E-state index in [1.54, 1.807) is 41.5 Å². The number of allylic oxidation sites excluding steroid dienone is 4. The van der Waals surface area contributed by atoms with Crippen molar-refractivity contribution in [3.63, 3.8) is 0 Å². The van der Waals surface area contributed by atoms with E-state index in [1.807, 2.05) is 4.90 Å². The molecule has 9 nitrogen and oxygen atoms in total. The molecule has 0 fully saturated rings. The van der Waals surface area contributed by atoms with Gasteiger partial charge in [0.2, 0.25) is 11.9 Å². The van der Waals surface area contributed by atoms with Crippen molar-refractivity contribution in [1.29, 1.82) is 0 Å². The standard InChI is InChI=1S/C50H94N4O5/c1-9-11-13-15-17-19-21-23-25-27-29-31-33-35-37-39-43-54(44-40-38-36-34-32-30-28-26-24-22-20-18-16-14-12-10-2)45(55)41-42-51-46(52-47(56)58-49(3,4)5)53-48(57)59-50(6,7)8/h23-26H,9-22,27-44H2,1-8H3,(H2,51,52,53,56,57)/b25-23+,26-24+. The highest BCUT2D eigenvalue weighted by atomic mass is 16.6. The van der Waals surface area contributed by atoms with E-state index in [4.69, 9.17) is 9.47 Å². The van der Waals surface area contributed by atoms with Crippen LogP contribution in [-0.4, -0.2) is 59.8 Å². The lowest BCUT2D eigenvalue weighted by Crippen LogP contribution is -2.47.